The summed E-state index contributed by atoms with van der Waals surface area (Å²) in [6, 6.07) is -14.5. The Balaban J connectivity index is 5.60. The minimum atomic E-state index is -1.69. The molecular formula is C54H100N18O16. The van der Waals surface area contributed by atoms with Gasteiger partial charge < -0.3 is 107 Å². The molecule has 88 heavy (non-hydrogen) atoms. The van der Waals surface area contributed by atoms with Crippen molar-refractivity contribution in [2.45, 2.75) is 200 Å². The standard InChI is InChI=1S/C54H100N18O16/c1-26(2)22-36(53(87)88)68-47(81)34(17-11-13-19-55)67-49(83)37(25-73)69-45(79)30(8)64-43(77)29(7)63-39(76)24-61-38(75)23-62-50(84)42(32(10)74)72-52(86)41(28(5)6)71-48(82)35(18-12-14-20-56)66-44(78)31(9)65-51(85)40(27(3)4)70-46(80)33(57)16-15-21-60-54(58)59/h26-37,40-42,73-74H,11-25,55-57H2,1-10H3,(H,61,75)(H,62,84)(H,63,76)(H,64,77)(H,65,85)(H,66,78)(H,67,83)(H,68,81)(H,69,79)(H,70,80)(H,71,82)(H,72,86)(H,87,88)(H4,58,59,60)/t29-,30-,31-,32+,33-,34-,35-,36-,37-,40-,41-,42-/m0/s1. The van der Waals surface area contributed by atoms with E-state index in [1.165, 1.54) is 27.7 Å². The van der Waals surface area contributed by atoms with Crippen LogP contribution in [0, 0.1) is 23.2 Å². The van der Waals surface area contributed by atoms with E-state index >= 15 is 0 Å². The molecule has 12 amide bonds. The minimum Gasteiger partial charge on any atom is -0.480 e. The van der Waals surface area contributed by atoms with E-state index in [4.69, 9.17) is 28.3 Å². The van der Waals surface area contributed by atoms with Crippen molar-refractivity contribution in [3.8, 4) is 0 Å². The lowest BCUT2D eigenvalue weighted by atomic mass is 10.0. The molecule has 0 fully saturated rings. The van der Waals surface area contributed by atoms with Crippen LogP contribution in [0.1, 0.15) is 127 Å². The van der Waals surface area contributed by atoms with Gasteiger partial charge in [0.15, 0.2) is 5.96 Å². The second-order valence-corrected chi connectivity index (χ2v) is 22.5. The van der Waals surface area contributed by atoms with Gasteiger partial charge in [0.05, 0.1) is 31.8 Å². The monoisotopic (exact) mass is 1260 g/mol. The number of carboxylic acid groups (broad SMARTS) is 1. The Kier molecular flexibility index (Phi) is 38.4. The summed E-state index contributed by atoms with van der Waals surface area (Å²) in [5, 5.41) is 68.8. The fourth-order valence-electron chi connectivity index (χ4n) is 8.11. The second-order valence-electron chi connectivity index (χ2n) is 22.5. The fourth-order valence-corrected chi connectivity index (χ4v) is 8.11. The lowest BCUT2D eigenvalue weighted by molar-refractivity contribution is -0.143. The second kappa shape index (κ2) is 42.1. The van der Waals surface area contributed by atoms with Crippen molar-refractivity contribution in [2.75, 3.05) is 39.3 Å². The molecule has 0 aliphatic rings. The van der Waals surface area contributed by atoms with Crippen LogP contribution in [0.2, 0.25) is 0 Å². The summed E-state index contributed by atoms with van der Waals surface area (Å²) in [4.78, 5) is 170. The maximum Gasteiger partial charge on any atom is 0.326 e. The molecule has 0 heterocycles. The van der Waals surface area contributed by atoms with Gasteiger partial charge in [0.1, 0.15) is 60.4 Å². The third-order valence-electron chi connectivity index (χ3n) is 13.3. The molecule has 0 aromatic carbocycles. The molecule has 0 bridgehead atoms. The van der Waals surface area contributed by atoms with E-state index in [1.54, 1.807) is 41.5 Å². The fraction of sp³-hybridized carbons (Fsp3) is 0.741. The van der Waals surface area contributed by atoms with Crippen molar-refractivity contribution in [2.24, 2.45) is 40.7 Å². The molecular weight excluding hydrogens is 1160 g/mol. The number of unbranched alkanes of at least 4 members (excludes halogenated alkanes) is 2. The van der Waals surface area contributed by atoms with E-state index in [2.05, 4.69) is 69.1 Å². The van der Waals surface area contributed by atoms with Gasteiger partial charge in [-0.25, -0.2) is 4.79 Å². The first-order chi connectivity index (χ1) is 41.1. The Morgan fingerprint density at radius 1 is 0.432 bits per heavy atom. The quantitative estimate of drug-likeness (QED) is 0.0153. The maximum absolute atomic E-state index is 13.8. The number of rotatable bonds is 43. The van der Waals surface area contributed by atoms with Crippen LogP contribution in [0.4, 0.5) is 0 Å². The topological polar surface area (TPSA) is 567 Å². The average Bonchev–Trinajstić information content (AvgIpc) is 3.58. The number of hydrogen-bond acceptors (Lipinski definition) is 19. The van der Waals surface area contributed by atoms with E-state index in [0.717, 1.165) is 0 Å². The molecule has 0 unspecified atom stereocenters. The predicted octanol–water partition coefficient (Wildman–Crippen LogP) is -7.21. The Morgan fingerprint density at radius 2 is 0.841 bits per heavy atom. The summed E-state index contributed by atoms with van der Waals surface area (Å²) in [5.41, 5.74) is 22.5. The SMILES string of the molecule is CC(C)C[C@H](NC(=O)[C@H](CCCCN)NC(=O)[C@H](CO)NC(=O)[C@H](C)NC(=O)[C@H](C)NC(=O)CNC(=O)CNC(=O)[C@@H](NC(=O)[C@@H](NC(=O)[C@H](CCCCN)NC(=O)[C@H](C)NC(=O)[C@@H](NC(=O)[C@@H](N)CCCNC(=N)N)C(C)C)C(C)C)[C@@H](C)O)C(=O)O. The summed E-state index contributed by atoms with van der Waals surface area (Å²) in [6.07, 6.45) is 0.903. The van der Waals surface area contributed by atoms with E-state index in [9.17, 15) is 77.6 Å². The van der Waals surface area contributed by atoms with Crippen LogP contribution < -0.4 is 92.1 Å². The molecule has 34 nitrogen and oxygen atoms in total. The number of amides is 12. The molecule has 12 atom stereocenters. The van der Waals surface area contributed by atoms with Crippen LogP contribution in [0.3, 0.4) is 0 Å². The van der Waals surface area contributed by atoms with Crippen molar-refractivity contribution < 1.29 is 77.6 Å². The number of aliphatic carboxylic acids is 1. The highest BCUT2D eigenvalue weighted by molar-refractivity contribution is 5.99. The molecule has 0 spiro atoms. The maximum atomic E-state index is 13.8. The van der Waals surface area contributed by atoms with Gasteiger partial charge in [0.25, 0.3) is 0 Å². The summed E-state index contributed by atoms with van der Waals surface area (Å²) in [6.45, 7) is 13.4. The minimum absolute atomic E-state index is 0.0462. The van der Waals surface area contributed by atoms with Gasteiger partial charge in [-0.2, -0.15) is 0 Å². The highest BCUT2D eigenvalue weighted by atomic mass is 16.4. The van der Waals surface area contributed by atoms with Crippen molar-refractivity contribution in [3.05, 3.63) is 0 Å². The first kappa shape index (κ1) is 80.2. The van der Waals surface area contributed by atoms with Crippen LogP contribution in [0.5, 0.6) is 0 Å². The van der Waals surface area contributed by atoms with Gasteiger partial charge >= 0.3 is 5.97 Å². The third kappa shape index (κ3) is 31.7. The van der Waals surface area contributed by atoms with Gasteiger partial charge in [-0.05, 0) is 116 Å². The van der Waals surface area contributed by atoms with Crippen molar-refractivity contribution in [3.63, 3.8) is 0 Å². The van der Waals surface area contributed by atoms with Crippen molar-refractivity contribution in [1.82, 2.24) is 69.1 Å². The number of carboxylic acids is 1. The van der Waals surface area contributed by atoms with Gasteiger partial charge in [-0.1, -0.05) is 41.5 Å². The number of aliphatic hydroxyl groups excluding tert-OH is 2. The van der Waals surface area contributed by atoms with Crippen LogP contribution in [0.25, 0.3) is 0 Å². The normalized spacial score (nSPS) is 15.2. The lowest BCUT2D eigenvalue weighted by Gasteiger charge is -2.29. The number of guanidine groups is 1. The Morgan fingerprint density at radius 3 is 1.31 bits per heavy atom. The molecule has 0 saturated heterocycles. The zero-order valence-electron chi connectivity index (χ0n) is 52.2. The Labute approximate surface area is 513 Å². The van der Waals surface area contributed by atoms with Crippen molar-refractivity contribution >= 4 is 82.8 Å². The zero-order valence-corrected chi connectivity index (χ0v) is 52.2. The average molecular weight is 1260 g/mol. The highest BCUT2D eigenvalue weighted by Gasteiger charge is 2.36. The van der Waals surface area contributed by atoms with Crippen LogP contribution in [0.15, 0.2) is 0 Å². The molecule has 34 heteroatoms. The number of aliphatic hydroxyl groups is 2. The first-order valence-electron chi connectivity index (χ1n) is 29.4. The van der Waals surface area contributed by atoms with Gasteiger partial charge in [0.2, 0.25) is 70.9 Å². The number of carbonyl (C=O) groups is 13. The molecule has 25 N–H and O–H groups in total. The Hall–Kier alpha value is -7.82. The number of carbonyl (C=O) groups excluding carboxylic acids is 12. The van der Waals surface area contributed by atoms with Gasteiger partial charge in [0, 0.05) is 6.54 Å². The number of hydrogen-bond donors (Lipinski definition) is 21. The van der Waals surface area contributed by atoms with E-state index in [-0.39, 0.29) is 50.7 Å². The molecule has 0 rings (SSSR count). The van der Waals surface area contributed by atoms with E-state index in [0.29, 0.717) is 38.6 Å². The van der Waals surface area contributed by atoms with Gasteiger partial charge in [-0.15, -0.1) is 0 Å². The van der Waals surface area contributed by atoms with Crippen LogP contribution in [-0.2, 0) is 62.3 Å². The molecule has 0 aliphatic carbocycles. The van der Waals surface area contributed by atoms with E-state index < -0.39 is 181 Å². The summed E-state index contributed by atoms with van der Waals surface area (Å²) in [7, 11) is 0. The first-order valence-corrected chi connectivity index (χ1v) is 29.4. The summed E-state index contributed by atoms with van der Waals surface area (Å²) < 4.78 is 0. The number of nitrogens with two attached hydrogens (primary N) is 4. The predicted molar refractivity (Wildman–Crippen MR) is 321 cm³/mol. The van der Waals surface area contributed by atoms with Gasteiger partial charge in [-0.3, -0.25) is 62.9 Å². The Bertz CT molecular complexity index is 2350. The molecule has 0 aromatic heterocycles. The van der Waals surface area contributed by atoms with E-state index in [1.807, 2.05) is 0 Å². The zero-order chi connectivity index (χ0) is 67.5. The molecule has 502 valence electrons. The number of nitrogens with one attached hydrogen (secondary N) is 14. The lowest BCUT2D eigenvalue weighted by Crippen LogP contribution is -2.61. The third-order valence-corrected chi connectivity index (χ3v) is 13.3. The highest BCUT2D eigenvalue weighted by Crippen LogP contribution is 2.11. The molecule has 0 saturated carbocycles. The molecule has 0 aliphatic heterocycles. The summed E-state index contributed by atoms with van der Waals surface area (Å²) >= 11 is 0. The molecule has 0 radical (unpaired) electrons. The van der Waals surface area contributed by atoms with Crippen LogP contribution >= 0.6 is 0 Å². The molecule has 0 aromatic rings. The summed E-state index contributed by atoms with van der Waals surface area (Å²) in [5.74, 6) is -13.1. The smallest absolute Gasteiger partial charge is 0.326 e. The van der Waals surface area contributed by atoms with Crippen molar-refractivity contribution in [1.29, 1.82) is 5.41 Å². The van der Waals surface area contributed by atoms with Crippen LogP contribution in [-0.4, -0.2) is 210 Å². The largest absolute Gasteiger partial charge is 0.480 e.